The molecule has 3 rings (SSSR count). The lowest BCUT2D eigenvalue weighted by atomic mass is 10.1. The number of fused-ring (bicyclic) bond motifs is 1. The van der Waals surface area contributed by atoms with Gasteiger partial charge in [-0.2, -0.15) is 5.26 Å². The molecule has 1 aliphatic rings. The summed E-state index contributed by atoms with van der Waals surface area (Å²) in [5.74, 6) is 0.877. The molecule has 0 aliphatic heterocycles. The van der Waals surface area contributed by atoms with Crippen LogP contribution >= 0.6 is 0 Å². The van der Waals surface area contributed by atoms with Crippen LogP contribution in [-0.4, -0.2) is 0 Å². The van der Waals surface area contributed by atoms with Crippen molar-refractivity contribution in [3.05, 3.63) is 64.7 Å². The van der Waals surface area contributed by atoms with Crippen LogP contribution in [0, 0.1) is 11.3 Å². The summed E-state index contributed by atoms with van der Waals surface area (Å²) in [7, 11) is 0. The molecule has 0 aromatic heterocycles. The lowest BCUT2D eigenvalue weighted by Gasteiger charge is -2.09. The molecule has 0 bridgehead atoms. The van der Waals surface area contributed by atoms with Crippen LogP contribution in [0.4, 0.5) is 0 Å². The third-order valence-corrected chi connectivity index (χ3v) is 3.73. The summed E-state index contributed by atoms with van der Waals surface area (Å²) in [6, 6.07) is 15.9. The Morgan fingerprint density at radius 2 is 2.00 bits per heavy atom. The summed E-state index contributed by atoms with van der Waals surface area (Å²) in [5.41, 5.74) is 10.3. The van der Waals surface area contributed by atoms with Gasteiger partial charge in [-0.15, -0.1) is 0 Å². The molecule has 3 nitrogen and oxygen atoms in total. The molecule has 20 heavy (non-hydrogen) atoms. The van der Waals surface area contributed by atoms with E-state index in [0.717, 1.165) is 24.2 Å². The molecule has 0 saturated heterocycles. The minimum Gasteiger partial charge on any atom is -0.489 e. The summed E-state index contributed by atoms with van der Waals surface area (Å²) >= 11 is 0. The van der Waals surface area contributed by atoms with E-state index in [2.05, 4.69) is 18.2 Å². The molecule has 3 heteroatoms. The van der Waals surface area contributed by atoms with Crippen molar-refractivity contribution >= 4 is 0 Å². The molecule has 2 N–H and O–H groups in total. The van der Waals surface area contributed by atoms with Gasteiger partial charge in [0.1, 0.15) is 12.4 Å². The van der Waals surface area contributed by atoms with Gasteiger partial charge in [-0.25, -0.2) is 0 Å². The number of benzene rings is 2. The van der Waals surface area contributed by atoms with Gasteiger partial charge >= 0.3 is 0 Å². The molecule has 0 fully saturated rings. The van der Waals surface area contributed by atoms with E-state index in [1.54, 1.807) is 12.1 Å². The van der Waals surface area contributed by atoms with Gasteiger partial charge in [0.05, 0.1) is 11.6 Å². The van der Waals surface area contributed by atoms with Gasteiger partial charge in [-0.05, 0) is 53.8 Å². The first-order valence-electron chi connectivity index (χ1n) is 6.76. The lowest BCUT2D eigenvalue weighted by Crippen LogP contribution is -2.05. The summed E-state index contributed by atoms with van der Waals surface area (Å²) in [5, 5.41) is 8.76. The first-order chi connectivity index (χ1) is 9.76. The van der Waals surface area contributed by atoms with Gasteiger partial charge in [0, 0.05) is 6.04 Å². The smallest absolute Gasteiger partial charge is 0.120 e. The van der Waals surface area contributed by atoms with Crippen molar-refractivity contribution in [3.63, 3.8) is 0 Å². The van der Waals surface area contributed by atoms with Crippen molar-refractivity contribution in [2.24, 2.45) is 5.73 Å². The Bertz CT molecular complexity index is 656. The number of nitrogens with two attached hydrogens (primary N) is 1. The minimum atomic E-state index is 0.178. The highest BCUT2D eigenvalue weighted by molar-refractivity contribution is 5.40. The summed E-state index contributed by atoms with van der Waals surface area (Å²) < 4.78 is 5.80. The fourth-order valence-corrected chi connectivity index (χ4v) is 2.56. The van der Waals surface area contributed by atoms with E-state index >= 15 is 0 Å². The molecule has 0 radical (unpaired) electrons. The van der Waals surface area contributed by atoms with Crippen molar-refractivity contribution in [1.29, 1.82) is 5.26 Å². The quantitative estimate of drug-likeness (QED) is 0.926. The molecule has 0 spiro atoms. The predicted octanol–water partition coefficient (Wildman–Crippen LogP) is 3.08. The number of rotatable bonds is 3. The average molecular weight is 264 g/mol. The third kappa shape index (κ3) is 2.52. The fourth-order valence-electron chi connectivity index (χ4n) is 2.56. The number of ether oxygens (including phenoxy) is 1. The normalized spacial score (nSPS) is 16.5. The first kappa shape index (κ1) is 12.7. The van der Waals surface area contributed by atoms with E-state index in [-0.39, 0.29) is 6.04 Å². The van der Waals surface area contributed by atoms with E-state index in [1.165, 1.54) is 11.1 Å². The zero-order valence-corrected chi connectivity index (χ0v) is 11.2. The third-order valence-electron chi connectivity index (χ3n) is 3.73. The van der Waals surface area contributed by atoms with Crippen molar-refractivity contribution < 1.29 is 4.74 Å². The van der Waals surface area contributed by atoms with Crippen LogP contribution in [0.2, 0.25) is 0 Å². The SMILES string of the molecule is N#Cc1ccc(COc2ccc3c(c2)CCC3N)cc1. The van der Waals surface area contributed by atoms with Crippen LogP contribution in [0.25, 0.3) is 0 Å². The van der Waals surface area contributed by atoms with E-state index in [9.17, 15) is 0 Å². The van der Waals surface area contributed by atoms with Crippen LogP contribution in [0.15, 0.2) is 42.5 Å². The topological polar surface area (TPSA) is 59.0 Å². The predicted molar refractivity (Wildman–Crippen MR) is 77.2 cm³/mol. The van der Waals surface area contributed by atoms with Gasteiger partial charge in [0.15, 0.2) is 0 Å². The second-order valence-corrected chi connectivity index (χ2v) is 5.10. The van der Waals surface area contributed by atoms with Crippen LogP contribution in [0.1, 0.15) is 34.7 Å². The Hall–Kier alpha value is -2.31. The van der Waals surface area contributed by atoms with Crippen LogP contribution in [0.3, 0.4) is 0 Å². The van der Waals surface area contributed by atoms with Crippen LogP contribution in [-0.2, 0) is 13.0 Å². The Morgan fingerprint density at radius 3 is 2.75 bits per heavy atom. The van der Waals surface area contributed by atoms with E-state index in [0.29, 0.717) is 12.2 Å². The van der Waals surface area contributed by atoms with E-state index in [1.807, 2.05) is 18.2 Å². The monoisotopic (exact) mass is 264 g/mol. The Labute approximate surface area is 118 Å². The standard InChI is InChI=1S/C17H16N2O/c18-10-12-1-3-13(4-2-12)11-20-15-6-7-16-14(9-15)5-8-17(16)19/h1-4,6-7,9,17H,5,8,11,19H2. The highest BCUT2D eigenvalue weighted by atomic mass is 16.5. The largest absolute Gasteiger partial charge is 0.489 e. The Kier molecular flexibility index (Phi) is 3.41. The first-order valence-corrected chi connectivity index (χ1v) is 6.76. The van der Waals surface area contributed by atoms with Gasteiger partial charge in [-0.1, -0.05) is 18.2 Å². The zero-order valence-electron chi connectivity index (χ0n) is 11.2. The summed E-state index contributed by atoms with van der Waals surface area (Å²) in [6.45, 7) is 0.510. The summed E-state index contributed by atoms with van der Waals surface area (Å²) in [6.07, 6.45) is 2.05. The lowest BCUT2D eigenvalue weighted by molar-refractivity contribution is 0.306. The van der Waals surface area contributed by atoms with Crippen LogP contribution < -0.4 is 10.5 Å². The second kappa shape index (κ2) is 5.36. The molecule has 0 amide bonds. The van der Waals surface area contributed by atoms with Gasteiger partial charge in [0.2, 0.25) is 0 Å². The maximum atomic E-state index is 8.76. The molecule has 1 unspecified atom stereocenters. The number of nitriles is 1. The molecule has 1 atom stereocenters. The number of hydrogen-bond acceptors (Lipinski definition) is 3. The van der Waals surface area contributed by atoms with E-state index in [4.69, 9.17) is 15.7 Å². The van der Waals surface area contributed by atoms with Gasteiger partial charge in [0.25, 0.3) is 0 Å². The molecule has 0 saturated carbocycles. The van der Waals surface area contributed by atoms with Crippen molar-refractivity contribution in [2.45, 2.75) is 25.5 Å². The molecule has 2 aromatic carbocycles. The molecule has 100 valence electrons. The highest BCUT2D eigenvalue weighted by Crippen LogP contribution is 2.32. The van der Waals surface area contributed by atoms with Gasteiger partial charge < -0.3 is 10.5 Å². The molecule has 2 aromatic rings. The second-order valence-electron chi connectivity index (χ2n) is 5.10. The zero-order chi connectivity index (χ0) is 13.9. The minimum absolute atomic E-state index is 0.178. The molecule has 0 heterocycles. The maximum absolute atomic E-state index is 8.76. The fraction of sp³-hybridized carbons (Fsp3) is 0.235. The Balaban J connectivity index is 1.68. The molecular weight excluding hydrogens is 248 g/mol. The highest BCUT2D eigenvalue weighted by Gasteiger charge is 2.18. The molecular formula is C17H16N2O. The van der Waals surface area contributed by atoms with Gasteiger partial charge in [-0.3, -0.25) is 0 Å². The average Bonchev–Trinajstić information content (AvgIpc) is 2.87. The Morgan fingerprint density at radius 1 is 1.20 bits per heavy atom. The van der Waals surface area contributed by atoms with Crippen molar-refractivity contribution in [1.82, 2.24) is 0 Å². The van der Waals surface area contributed by atoms with Crippen LogP contribution in [0.5, 0.6) is 5.75 Å². The number of hydrogen-bond donors (Lipinski definition) is 1. The number of aryl methyl sites for hydroxylation is 1. The van der Waals surface area contributed by atoms with Crippen molar-refractivity contribution in [3.8, 4) is 11.8 Å². The van der Waals surface area contributed by atoms with Crippen molar-refractivity contribution in [2.75, 3.05) is 0 Å². The molecule has 1 aliphatic carbocycles. The van der Waals surface area contributed by atoms with E-state index < -0.39 is 0 Å². The number of nitrogens with zero attached hydrogens (tertiary/aromatic N) is 1. The summed E-state index contributed by atoms with van der Waals surface area (Å²) in [4.78, 5) is 0. The maximum Gasteiger partial charge on any atom is 0.120 e.